The summed E-state index contributed by atoms with van der Waals surface area (Å²) in [6.07, 6.45) is 0. The van der Waals surface area contributed by atoms with Crippen molar-refractivity contribution in [2.75, 3.05) is 0 Å². The molecule has 0 saturated heterocycles. The van der Waals surface area contributed by atoms with Crippen LogP contribution >= 0.6 is 0 Å². The lowest BCUT2D eigenvalue weighted by Crippen LogP contribution is -1.89. The summed E-state index contributed by atoms with van der Waals surface area (Å²) in [6, 6.07) is 22.1. The predicted molar refractivity (Wildman–Crippen MR) is 87.6 cm³/mol. The third kappa shape index (κ3) is 1.28. The lowest BCUT2D eigenvalue weighted by molar-refractivity contribution is 0.651. The molecule has 0 atom stereocenters. The molecular weight excluding hydrogens is 259 g/mol. The van der Waals surface area contributed by atoms with Gasteiger partial charge in [-0.2, -0.15) is 0 Å². The van der Waals surface area contributed by atoms with Crippen LogP contribution < -0.4 is 0 Å². The normalized spacial score (nSPS) is 12.0. The van der Waals surface area contributed by atoms with Crippen LogP contribution in [0.1, 0.15) is 0 Å². The van der Waals surface area contributed by atoms with E-state index >= 15 is 0 Å². The molecule has 0 aliphatic rings. The van der Waals surface area contributed by atoms with E-state index in [4.69, 9.17) is 0 Å². The summed E-state index contributed by atoms with van der Waals surface area (Å²) >= 11 is 0. The van der Waals surface area contributed by atoms with Gasteiger partial charge in [0.1, 0.15) is 5.82 Å². The van der Waals surface area contributed by atoms with Crippen LogP contribution in [0.3, 0.4) is 0 Å². The van der Waals surface area contributed by atoms with Crippen LogP contribution in [-0.4, -0.2) is 0 Å². The number of rotatable bonds is 0. The summed E-state index contributed by atoms with van der Waals surface area (Å²) in [5.74, 6) is -0.114. The fraction of sp³-hybridized carbons (Fsp3) is 0. The second-order valence-electron chi connectivity index (χ2n) is 5.54. The summed E-state index contributed by atoms with van der Waals surface area (Å²) in [7, 11) is 0. The summed E-state index contributed by atoms with van der Waals surface area (Å²) in [5, 5.41) is 8.07. The van der Waals surface area contributed by atoms with Gasteiger partial charge < -0.3 is 0 Å². The molecule has 0 heterocycles. The van der Waals surface area contributed by atoms with Crippen LogP contribution in [-0.2, 0) is 0 Å². The minimum Gasteiger partial charge on any atom is -0.206 e. The zero-order valence-corrected chi connectivity index (χ0v) is 11.2. The third-order valence-corrected chi connectivity index (χ3v) is 4.47. The predicted octanol–water partition coefficient (Wildman–Crippen LogP) is 5.88. The summed E-state index contributed by atoms with van der Waals surface area (Å²) in [4.78, 5) is 0. The van der Waals surface area contributed by atoms with E-state index in [-0.39, 0.29) is 5.82 Å². The van der Waals surface area contributed by atoms with E-state index in [1.807, 2.05) is 36.4 Å². The molecule has 5 aromatic rings. The zero-order valence-electron chi connectivity index (χ0n) is 11.2. The minimum absolute atomic E-state index is 0.114. The SMILES string of the molecule is Fc1c2ccccc2c2ccc3cccc4ccc1c2c43. The summed E-state index contributed by atoms with van der Waals surface area (Å²) < 4.78 is 14.9. The smallest absolute Gasteiger partial charge is 0.138 e. The third-order valence-electron chi connectivity index (χ3n) is 4.47. The molecule has 5 aromatic carbocycles. The lowest BCUT2D eigenvalue weighted by atomic mass is 9.91. The number of fused-ring (bicyclic) bond motifs is 2. The van der Waals surface area contributed by atoms with E-state index in [1.165, 1.54) is 10.8 Å². The molecule has 0 aliphatic heterocycles. The maximum atomic E-state index is 14.9. The molecule has 21 heavy (non-hydrogen) atoms. The van der Waals surface area contributed by atoms with E-state index < -0.39 is 0 Å². The van der Waals surface area contributed by atoms with Gasteiger partial charge >= 0.3 is 0 Å². The number of halogens is 1. The van der Waals surface area contributed by atoms with Gasteiger partial charge in [0.2, 0.25) is 0 Å². The summed E-state index contributed by atoms with van der Waals surface area (Å²) in [6.45, 7) is 0. The van der Waals surface area contributed by atoms with Crippen molar-refractivity contribution in [2.24, 2.45) is 0 Å². The van der Waals surface area contributed by atoms with Crippen LogP contribution in [0.5, 0.6) is 0 Å². The van der Waals surface area contributed by atoms with Crippen LogP contribution in [0.2, 0.25) is 0 Å². The van der Waals surface area contributed by atoms with Gasteiger partial charge in [-0.3, -0.25) is 0 Å². The van der Waals surface area contributed by atoms with Crippen LogP contribution in [0.25, 0.3) is 43.1 Å². The maximum absolute atomic E-state index is 14.9. The van der Waals surface area contributed by atoms with Crippen LogP contribution in [0.4, 0.5) is 4.39 Å². The molecule has 0 radical (unpaired) electrons. The average Bonchev–Trinajstić information content (AvgIpc) is 2.55. The molecule has 0 aliphatic carbocycles. The molecule has 5 rings (SSSR count). The highest BCUT2D eigenvalue weighted by Gasteiger charge is 2.14. The Morgan fingerprint density at radius 3 is 1.90 bits per heavy atom. The minimum atomic E-state index is -0.114. The highest BCUT2D eigenvalue weighted by atomic mass is 19.1. The summed E-state index contributed by atoms with van der Waals surface area (Å²) in [5.41, 5.74) is 0. The molecular formula is C20H11F. The first kappa shape index (κ1) is 11.0. The zero-order chi connectivity index (χ0) is 14.0. The molecule has 0 saturated carbocycles. The first-order valence-corrected chi connectivity index (χ1v) is 7.08. The highest BCUT2D eigenvalue weighted by molar-refractivity contribution is 6.29. The Morgan fingerprint density at radius 1 is 0.476 bits per heavy atom. The first-order valence-electron chi connectivity index (χ1n) is 7.08. The van der Waals surface area contributed by atoms with Gasteiger partial charge in [-0.25, -0.2) is 4.39 Å². The van der Waals surface area contributed by atoms with E-state index in [1.54, 1.807) is 0 Å². The van der Waals surface area contributed by atoms with Crippen molar-refractivity contribution in [2.45, 2.75) is 0 Å². The fourth-order valence-electron chi connectivity index (χ4n) is 3.54. The lowest BCUT2D eigenvalue weighted by Gasteiger charge is -2.13. The van der Waals surface area contributed by atoms with Crippen LogP contribution in [0, 0.1) is 5.82 Å². The van der Waals surface area contributed by atoms with Gasteiger partial charge in [0.05, 0.1) is 0 Å². The van der Waals surface area contributed by atoms with Gasteiger partial charge in [-0.05, 0) is 26.9 Å². The second-order valence-corrected chi connectivity index (χ2v) is 5.54. The molecule has 0 spiro atoms. The number of hydrogen-bond donors (Lipinski definition) is 0. The van der Waals surface area contributed by atoms with Crippen LogP contribution in [0.15, 0.2) is 66.7 Å². The molecule has 0 fully saturated rings. The Hall–Kier alpha value is -2.67. The van der Waals surface area contributed by atoms with E-state index in [0.29, 0.717) is 10.8 Å². The van der Waals surface area contributed by atoms with Crippen molar-refractivity contribution >= 4 is 43.1 Å². The Labute approximate surface area is 120 Å². The highest BCUT2D eigenvalue weighted by Crippen LogP contribution is 2.39. The van der Waals surface area contributed by atoms with E-state index in [2.05, 4.69) is 30.3 Å². The van der Waals surface area contributed by atoms with Gasteiger partial charge in [-0.15, -0.1) is 0 Å². The topological polar surface area (TPSA) is 0 Å². The first-order chi connectivity index (χ1) is 10.3. The maximum Gasteiger partial charge on any atom is 0.138 e. The van der Waals surface area contributed by atoms with Crippen molar-refractivity contribution < 1.29 is 4.39 Å². The molecule has 0 amide bonds. The Bertz CT molecular complexity index is 1120. The Morgan fingerprint density at radius 2 is 1.14 bits per heavy atom. The molecule has 0 aromatic heterocycles. The standard InChI is InChI=1S/C20H11F/c21-20-16-7-2-1-6-14(16)15-10-8-12-4-3-5-13-9-11-17(20)19(15)18(12)13/h1-11H. The fourth-order valence-corrected chi connectivity index (χ4v) is 3.54. The van der Waals surface area contributed by atoms with Gasteiger partial charge in [0.15, 0.2) is 0 Å². The molecule has 0 nitrogen and oxygen atoms in total. The number of hydrogen-bond acceptors (Lipinski definition) is 0. The monoisotopic (exact) mass is 270 g/mol. The molecule has 1 heteroatoms. The van der Waals surface area contributed by atoms with E-state index in [9.17, 15) is 4.39 Å². The second kappa shape index (κ2) is 3.70. The molecule has 98 valence electrons. The van der Waals surface area contributed by atoms with Gasteiger partial charge in [0.25, 0.3) is 0 Å². The van der Waals surface area contributed by atoms with Crippen molar-refractivity contribution in [3.8, 4) is 0 Å². The Kier molecular flexibility index (Phi) is 1.95. The van der Waals surface area contributed by atoms with Crippen molar-refractivity contribution in [3.63, 3.8) is 0 Å². The largest absolute Gasteiger partial charge is 0.206 e. The quantitative estimate of drug-likeness (QED) is 0.243. The van der Waals surface area contributed by atoms with Gasteiger partial charge in [0, 0.05) is 16.2 Å². The van der Waals surface area contributed by atoms with Crippen molar-refractivity contribution in [1.82, 2.24) is 0 Å². The van der Waals surface area contributed by atoms with Crippen molar-refractivity contribution in [3.05, 3.63) is 72.5 Å². The number of benzene rings is 5. The van der Waals surface area contributed by atoms with Crippen molar-refractivity contribution in [1.29, 1.82) is 0 Å². The van der Waals surface area contributed by atoms with Gasteiger partial charge in [-0.1, -0.05) is 66.7 Å². The average molecular weight is 270 g/mol. The van der Waals surface area contributed by atoms with E-state index in [0.717, 1.165) is 21.5 Å². The molecule has 0 unspecified atom stereocenters. The molecule has 0 bridgehead atoms. The Balaban J connectivity index is 2.26. The molecule has 0 N–H and O–H groups in total.